The first-order valence-corrected chi connectivity index (χ1v) is 5.50. The van der Waals surface area contributed by atoms with Crippen LogP contribution in [0.25, 0.3) is 0 Å². The van der Waals surface area contributed by atoms with Crippen LogP contribution in [0.4, 0.5) is 0 Å². The quantitative estimate of drug-likeness (QED) is 0.792. The molecule has 0 atom stereocenters. The molecule has 0 unspecified atom stereocenters. The van der Waals surface area contributed by atoms with Gasteiger partial charge in [-0.15, -0.1) is 0 Å². The van der Waals surface area contributed by atoms with E-state index in [0.717, 1.165) is 16.6 Å². The number of halogens is 1. The van der Waals surface area contributed by atoms with E-state index >= 15 is 0 Å². The molecule has 2 aliphatic rings. The first-order chi connectivity index (χ1) is 6.26. The van der Waals surface area contributed by atoms with E-state index in [0.29, 0.717) is 0 Å². The lowest BCUT2D eigenvalue weighted by Crippen LogP contribution is -2.47. The third kappa shape index (κ3) is 1.44. The predicted octanol–water partition coefficient (Wildman–Crippen LogP) is 2.64. The van der Waals surface area contributed by atoms with Crippen LogP contribution >= 0.6 is 15.9 Å². The van der Waals surface area contributed by atoms with E-state index in [1.165, 1.54) is 31.5 Å². The Labute approximate surface area is 86.0 Å². The standard InChI is InChI=1S/C10H12BrNO/c11-9-3-8(5-13-9)4-12-6-10(7-12)1-2-10/h3,5H,1-2,4,6-7H2. The Bertz CT molecular complexity index is 321. The van der Waals surface area contributed by atoms with Crippen molar-refractivity contribution in [1.82, 2.24) is 4.90 Å². The van der Waals surface area contributed by atoms with E-state index in [4.69, 9.17) is 4.42 Å². The van der Waals surface area contributed by atoms with Crippen LogP contribution in [0.3, 0.4) is 0 Å². The SMILES string of the molecule is Brc1cc(CN2CC3(CC3)C2)co1. The Morgan fingerprint density at radius 2 is 2.23 bits per heavy atom. The van der Waals surface area contributed by atoms with E-state index in [1.807, 2.05) is 6.26 Å². The van der Waals surface area contributed by atoms with Gasteiger partial charge in [-0.1, -0.05) is 0 Å². The fraction of sp³-hybridized carbons (Fsp3) is 0.600. The van der Waals surface area contributed by atoms with Crippen molar-refractivity contribution < 1.29 is 4.42 Å². The minimum Gasteiger partial charge on any atom is -0.457 e. The molecule has 1 spiro atoms. The molecule has 1 aliphatic heterocycles. The molecule has 1 saturated carbocycles. The number of rotatable bonds is 2. The molecule has 13 heavy (non-hydrogen) atoms. The molecule has 1 saturated heterocycles. The fourth-order valence-corrected chi connectivity index (χ4v) is 2.58. The van der Waals surface area contributed by atoms with Gasteiger partial charge in [-0.25, -0.2) is 0 Å². The molecular weight excluding hydrogens is 230 g/mol. The van der Waals surface area contributed by atoms with Crippen LogP contribution in [0.5, 0.6) is 0 Å². The van der Waals surface area contributed by atoms with Crippen LogP contribution in [0, 0.1) is 5.41 Å². The highest BCUT2D eigenvalue weighted by Crippen LogP contribution is 2.53. The van der Waals surface area contributed by atoms with Crippen molar-refractivity contribution >= 4 is 15.9 Å². The second-order valence-corrected chi connectivity index (χ2v) is 5.19. The summed E-state index contributed by atoms with van der Waals surface area (Å²) in [6.07, 6.45) is 4.75. The lowest BCUT2D eigenvalue weighted by molar-refractivity contribution is 0.0737. The van der Waals surface area contributed by atoms with Gasteiger partial charge in [0.1, 0.15) is 0 Å². The van der Waals surface area contributed by atoms with Crippen LogP contribution < -0.4 is 0 Å². The van der Waals surface area contributed by atoms with Gasteiger partial charge >= 0.3 is 0 Å². The summed E-state index contributed by atoms with van der Waals surface area (Å²) in [6.45, 7) is 3.66. The minimum absolute atomic E-state index is 0.765. The van der Waals surface area contributed by atoms with Gasteiger partial charge in [-0.05, 0) is 40.3 Å². The fourth-order valence-electron chi connectivity index (χ4n) is 2.19. The van der Waals surface area contributed by atoms with E-state index in [2.05, 4.69) is 26.9 Å². The van der Waals surface area contributed by atoms with Gasteiger partial charge in [0.05, 0.1) is 6.26 Å². The molecule has 0 amide bonds. The largest absolute Gasteiger partial charge is 0.457 e. The zero-order chi connectivity index (χ0) is 8.89. The topological polar surface area (TPSA) is 16.4 Å². The molecule has 1 aliphatic carbocycles. The van der Waals surface area contributed by atoms with E-state index in [1.54, 1.807) is 0 Å². The third-order valence-corrected chi connectivity index (χ3v) is 3.52. The Morgan fingerprint density at radius 1 is 1.46 bits per heavy atom. The van der Waals surface area contributed by atoms with Gasteiger partial charge in [0, 0.05) is 25.2 Å². The molecule has 3 heteroatoms. The summed E-state index contributed by atoms with van der Waals surface area (Å²) in [5.41, 5.74) is 2.04. The maximum absolute atomic E-state index is 5.19. The number of nitrogens with zero attached hydrogens (tertiary/aromatic N) is 1. The molecule has 1 aromatic rings. The monoisotopic (exact) mass is 241 g/mol. The Balaban J connectivity index is 1.58. The van der Waals surface area contributed by atoms with E-state index < -0.39 is 0 Å². The summed E-state index contributed by atoms with van der Waals surface area (Å²) in [4.78, 5) is 2.49. The lowest BCUT2D eigenvalue weighted by atomic mass is 9.96. The molecule has 0 bridgehead atoms. The van der Waals surface area contributed by atoms with Crippen molar-refractivity contribution in [3.8, 4) is 0 Å². The number of likely N-dealkylation sites (tertiary alicyclic amines) is 1. The van der Waals surface area contributed by atoms with Gasteiger partial charge in [0.15, 0.2) is 4.67 Å². The minimum atomic E-state index is 0.765. The zero-order valence-corrected chi connectivity index (χ0v) is 9.01. The van der Waals surface area contributed by atoms with Crippen LogP contribution in [-0.4, -0.2) is 18.0 Å². The smallest absolute Gasteiger partial charge is 0.169 e. The summed E-state index contributed by atoms with van der Waals surface area (Å²) >= 11 is 3.31. The summed E-state index contributed by atoms with van der Waals surface area (Å²) in [7, 11) is 0. The molecule has 0 N–H and O–H groups in total. The van der Waals surface area contributed by atoms with E-state index in [-0.39, 0.29) is 0 Å². The van der Waals surface area contributed by atoms with Crippen LogP contribution in [0.1, 0.15) is 18.4 Å². The zero-order valence-electron chi connectivity index (χ0n) is 7.42. The lowest BCUT2D eigenvalue weighted by Gasteiger charge is -2.39. The second kappa shape index (κ2) is 2.61. The Morgan fingerprint density at radius 3 is 2.77 bits per heavy atom. The third-order valence-electron chi connectivity index (χ3n) is 3.10. The summed E-state index contributed by atoms with van der Waals surface area (Å²) in [5, 5.41) is 0. The Kier molecular flexibility index (Phi) is 1.62. The van der Waals surface area contributed by atoms with Crippen molar-refractivity contribution in [2.24, 2.45) is 5.41 Å². The Hall–Kier alpha value is -0.280. The highest BCUT2D eigenvalue weighted by molar-refractivity contribution is 9.10. The van der Waals surface area contributed by atoms with Crippen molar-refractivity contribution in [1.29, 1.82) is 0 Å². The molecule has 2 nitrogen and oxygen atoms in total. The molecule has 0 aromatic carbocycles. The highest BCUT2D eigenvalue weighted by atomic mass is 79.9. The molecule has 2 fully saturated rings. The van der Waals surface area contributed by atoms with E-state index in [9.17, 15) is 0 Å². The van der Waals surface area contributed by atoms with Crippen LogP contribution in [0.15, 0.2) is 21.4 Å². The van der Waals surface area contributed by atoms with Crippen molar-refractivity contribution in [2.45, 2.75) is 19.4 Å². The number of hydrogen-bond donors (Lipinski definition) is 0. The van der Waals surface area contributed by atoms with Crippen LogP contribution in [-0.2, 0) is 6.54 Å². The maximum Gasteiger partial charge on any atom is 0.169 e. The second-order valence-electron chi connectivity index (χ2n) is 4.40. The summed E-state index contributed by atoms with van der Waals surface area (Å²) in [6, 6.07) is 2.05. The van der Waals surface area contributed by atoms with Gasteiger partial charge < -0.3 is 4.42 Å². The van der Waals surface area contributed by atoms with Gasteiger partial charge in [-0.3, -0.25) is 4.90 Å². The maximum atomic E-state index is 5.19. The van der Waals surface area contributed by atoms with Crippen molar-refractivity contribution in [2.75, 3.05) is 13.1 Å². The van der Waals surface area contributed by atoms with Gasteiger partial charge in [0.25, 0.3) is 0 Å². The van der Waals surface area contributed by atoms with Crippen molar-refractivity contribution in [3.63, 3.8) is 0 Å². The average Bonchev–Trinajstić information content (AvgIpc) is 2.70. The average molecular weight is 242 g/mol. The predicted molar refractivity (Wildman–Crippen MR) is 53.4 cm³/mol. The highest BCUT2D eigenvalue weighted by Gasteiger charge is 2.51. The first kappa shape index (κ1) is 8.06. The normalized spacial score (nSPS) is 24.7. The summed E-state index contributed by atoms with van der Waals surface area (Å²) < 4.78 is 6.03. The number of furan rings is 1. The number of hydrogen-bond acceptors (Lipinski definition) is 2. The van der Waals surface area contributed by atoms with Gasteiger partial charge in [-0.2, -0.15) is 0 Å². The molecule has 2 heterocycles. The molecular formula is C10H12BrNO. The molecule has 0 radical (unpaired) electrons. The van der Waals surface area contributed by atoms with Gasteiger partial charge in [0.2, 0.25) is 0 Å². The summed E-state index contributed by atoms with van der Waals surface area (Å²) in [5.74, 6) is 0. The van der Waals surface area contributed by atoms with Crippen LogP contribution in [0.2, 0.25) is 0 Å². The van der Waals surface area contributed by atoms with Crippen molar-refractivity contribution in [3.05, 3.63) is 22.6 Å². The molecule has 3 rings (SSSR count). The molecule has 70 valence electrons. The molecule has 1 aromatic heterocycles. The first-order valence-electron chi connectivity index (χ1n) is 4.71.